The molecule has 84 valence electrons. The van der Waals surface area contributed by atoms with Gasteiger partial charge in [0.05, 0.1) is 11.7 Å². The van der Waals surface area contributed by atoms with Crippen molar-refractivity contribution in [1.82, 2.24) is 9.97 Å². The van der Waals surface area contributed by atoms with Crippen LogP contribution in [0.2, 0.25) is 0 Å². The molecule has 1 atom stereocenters. The van der Waals surface area contributed by atoms with Crippen molar-refractivity contribution in [3.63, 3.8) is 0 Å². The molecule has 0 aliphatic rings. The van der Waals surface area contributed by atoms with Crippen LogP contribution < -0.4 is 10.1 Å². The van der Waals surface area contributed by atoms with E-state index in [0.29, 0.717) is 11.8 Å². The van der Waals surface area contributed by atoms with Crippen molar-refractivity contribution in [1.29, 1.82) is 0 Å². The minimum atomic E-state index is 0.156. The van der Waals surface area contributed by atoms with E-state index in [0.717, 1.165) is 11.4 Å². The molecule has 1 N–H and O–H groups in total. The molecular formula is C11H19N3O. The topological polar surface area (TPSA) is 47.0 Å². The van der Waals surface area contributed by atoms with Crippen LogP contribution in [0.15, 0.2) is 6.33 Å². The molecule has 0 aromatic carbocycles. The zero-order valence-electron chi connectivity index (χ0n) is 10.0. The molecule has 0 aliphatic carbocycles. The highest BCUT2D eigenvalue weighted by Crippen LogP contribution is 2.22. The number of nitrogens with one attached hydrogen (secondary N) is 1. The van der Waals surface area contributed by atoms with Crippen molar-refractivity contribution >= 4 is 5.82 Å². The van der Waals surface area contributed by atoms with E-state index in [4.69, 9.17) is 4.74 Å². The second kappa shape index (κ2) is 4.96. The van der Waals surface area contributed by atoms with Crippen molar-refractivity contribution < 1.29 is 4.74 Å². The Kier molecular flexibility index (Phi) is 3.88. The SMILES string of the molecule is CNc1ncnc(OC(C)C(C)C)c1C. The summed E-state index contributed by atoms with van der Waals surface area (Å²) in [4.78, 5) is 8.24. The molecule has 1 heterocycles. The minimum absolute atomic E-state index is 0.156. The van der Waals surface area contributed by atoms with E-state index in [1.54, 1.807) is 0 Å². The maximum Gasteiger partial charge on any atom is 0.221 e. The van der Waals surface area contributed by atoms with Gasteiger partial charge in [-0.25, -0.2) is 9.97 Å². The molecule has 0 saturated carbocycles. The molecule has 15 heavy (non-hydrogen) atoms. The van der Waals surface area contributed by atoms with Gasteiger partial charge in [-0.2, -0.15) is 0 Å². The summed E-state index contributed by atoms with van der Waals surface area (Å²) in [5, 5.41) is 3.01. The molecular weight excluding hydrogens is 190 g/mol. The quantitative estimate of drug-likeness (QED) is 0.826. The van der Waals surface area contributed by atoms with E-state index in [2.05, 4.69) is 29.1 Å². The van der Waals surface area contributed by atoms with Crippen molar-refractivity contribution in [3.8, 4) is 5.88 Å². The van der Waals surface area contributed by atoms with E-state index >= 15 is 0 Å². The van der Waals surface area contributed by atoms with E-state index in [1.807, 2.05) is 20.9 Å². The summed E-state index contributed by atoms with van der Waals surface area (Å²) in [7, 11) is 1.84. The lowest BCUT2D eigenvalue weighted by Crippen LogP contribution is -2.20. The largest absolute Gasteiger partial charge is 0.474 e. The number of anilines is 1. The third-order valence-electron chi connectivity index (χ3n) is 2.51. The van der Waals surface area contributed by atoms with E-state index in [-0.39, 0.29) is 6.10 Å². The Balaban J connectivity index is 2.86. The van der Waals surface area contributed by atoms with Gasteiger partial charge in [0.25, 0.3) is 0 Å². The fourth-order valence-corrected chi connectivity index (χ4v) is 1.12. The maximum absolute atomic E-state index is 5.76. The van der Waals surface area contributed by atoms with Gasteiger partial charge in [-0.05, 0) is 19.8 Å². The zero-order valence-corrected chi connectivity index (χ0v) is 10.0. The van der Waals surface area contributed by atoms with Crippen LogP contribution in [0.5, 0.6) is 5.88 Å². The predicted octanol–water partition coefficient (Wildman–Crippen LogP) is 2.25. The van der Waals surface area contributed by atoms with Crippen molar-refractivity contribution in [2.45, 2.75) is 33.8 Å². The Bertz CT molecular complexity index is 326. The molecule has 1 aromatic rings. The lowest BCUT2D eigenvalue weighted by molar-refractivity contribution is 0.162. The Morgan fingerprint density at radius 3 is 2.47 bits per heavy atom. The minimum Gasteiger partial charge on any atom is -0.474 e. The summed E-state index contributed by atoms with van der Waals surface area (Å²) in [5.74, 6) is 1.95. The lowest BCUT2D eigenvalue weighted by atomic mass is 10.1. The first kappa shape index (κ1) is 11.8. The third-order valence-corrected chi connectivity index (χ3v) is 2.51. The highest BCUT2D eigenvalue weighted by molar-refractivity contribution is 5.46. The molecule has 4 nitrogen and oxygen atoms in total. The molecule has 0 aliphatic heterocycles. The molecule has 0 saturated heterocycles. The summed E-state index contributed by atoms with van der Waals surface area (Å²) >= 11 is 0. The highest BCUT2D eigenvalue weighted by atomic mass is 16.5. The van der Waals surface area contributed by atoms with Crippen LogP contribution in [0.1, 0.15) is 26.3 Å². The summed E-state index contributed by atoms with van der Waals surface area (Å²) in [6, 6.07) is 0. The van der Waals surface area contributed by atoms with Crippen LogP contribution in [0.3, 0.4) is 0 Å². The van der Waals surface area contributed by atoms with Gasteiger partial charge in [-0.3, -0.25) is 0 Å². The average molecular weight is 209 g/mol. The van der Waals surface area contributed by atoms with Crippen LogP contribution in [0.25, 0.3) is 0 Å². The summed E-state index contributed by atoms with van der Waals surface area (Å²) in [5.41, 5.74) is 0.951. The second-order valence-corrected chi connectivity index (χ2v) is 3.97. The number of rotatable bonds is 4. The highest BCUT2D eigenvalue weighted by Gasteiger charge is 2.13. The Hall–Kier alpha value is -1.32. The second-order valence-electron chi connectivity index (χ2n) is 3.97. The fourth-order valence-electron chi connectivity index (χ4n) is 1.12. The normalized spacial score (nSPS) is 12.7. The van der Waals surface area contributed by atoms with Crippen molar-refractivity contribution in [2.75, 3.05) is 12.4 Å². The Morgan fingerprint density at radius 1 is 1.27 bits per heavy atom. The molecule has 4 heteroatoms. The van der Waals surface area contributed by atoms with Gasteiger partial charge in [-0.15, -0.1) is 0 Å². The summed E-state index contributed by atoms with van der Waals surface area (Å²) < 4.78 is 5.76. The lowest BCUT2D eigenvalue weighted by Gasteiger charge is -2.18. The summed E-state index contributed by atoms with van der Waals surface area (Å²) in [6.07, 6.45) is 1.67. The van der Waals surface area contributed by atoms with Gasteiger partial charge in [0.15, 0.2) is 0 Å². The molecule has 0 bridgehead atoms. The van der Waals surface area contributed by atoms with E-state index in [1.165, 1.54) is 6.33 Å². The average Bonchev–Trinajstić information content (AvgIpc) is 2.21. The first-order valence-electron chi connectivity index (χ1n) is 5.22. The maximum atomic E-state index is 5.76. The smallest absolute Gasteiger partial charge is 0.221 e. The standard InChI is InChI=1S/C11H19N3O/c1-7(2)9(4)15-11-8(3)10(12-5)13-6-14-11/h6-7,9H,1-5H3,(H,12,13,14). The first-order chi connectivity index (χ1) is 7.06. The molecule has 0 amide bonds. The van der Waals surface area contributed by atoms with Gasteiger partial charge >= 0.3 is 0 Å². The molecule has 1 rings (SSSR count). The van der Waals surface area contributed by atoms with Gasteiger partial charge in [0, 0.05) is 7.05 Å². The van der Waals surface area contributed by atoms with E-state index in [9.17, 15) is 0 Å². The van der Waals surface area contributed by atoms with Gasteiger partial charge in [0.2, 0.25) is 5.88 Å². The van der Waals surface area contributed by atoms with Crippen LogP contribution in [0, 0.1) is 12.8 Å². The van der Waals surface area contributed by atoms with Crippen molar-refractivity contribution in [3.05, 3.63) is 11.9 Å². The summed E-state index contributed by atoms with van der Waals surface area (Å²) in [6.45, 7) is 8.25. The van der Waals surface area contributed by atoms with Crippen molar-refractivity contribution in [2.24, 2.45) is 5.92 Å². The molecule has 0 spiro atoms. The number of ether oxygens (including phenoxy) is 1. The number of hydrogen-bond donors (Lipinski definition) is 1. The third kappa shape index (κ3) is 2.81. The van der Waals surface area contributed by atoms with Crippen LogP contribution in [0.4, 0.5) is 5.82 Å². The fraction of sp³-hybridized carbons (Fsp3) is 0.636. The van der Waals surface area contributed by atoms with Crippen LogP contribution in [-0.2, 0) is 0 Å². The number of nitrogens with zero attached hydrogens (tertiary/aromatic N) is 2. The van der Waals surface area contributed by atoms with Gasteiger partial charge in [0.1, 0.15) is 12.1 Å². The van der Waals surface area contributed by atoms with Crippen LogP contribution in [-0.4, -0.2) is 23.1 Å². The molecule has 0 fully saturated rings. The Labute approximate surface area is 91.1 Å². The zero-order chi connectivity index (χ0) is 11.4. The van der Waals surface area contributed by atoms with E-state index < -0.39 is 0 Å². The number of hydrogen-bond acceptors (Lipinski definition) is 4. The predicted molar refractivity (Wildman–Crippen MR) is 61.2 cm³/mol. The first-order valence-corrected chi connectivity index (χ1v) is 5.22. The van der Waals surface area contributed by atoms with Gasteiger partial charge < -0.3 is 10.1 Å². The van der Waals surface area contributed by atoms with Crippen LogP contribution >= 0.6 is 0 Å². The molecule has 0 radical (unpaired) electrons. The monoisotopic (exact) mass is 209 g/mol. The molecule has 1 aromatic heterocycles. The Morgan fingerprint density at radius 2 is 1.93 bits per heavy atom. The number of aromatic nitrogens is 2. The van der Waals surface area contributed by atoms with Gasteiger partial charge in [-0.1, -0.05) is 13.8 Å². The molecule has 1 unspecified atom stereocenters.